The highest BCUT2D eigenvalue weighted by atomic mass is 35.5. The second-order valence-electron chi connectivity index (χ2n) is 3.56. The summed E-state index contributed by atoms with van der Waals surface area (Å²) in [6.07, 6.45) is 2.57. The second-order valence-corrected chi connectivity index (χ2v) is 5.27. The summed E-state index contributed by atoms with van der Waals surface area (Å²) in [6, 6.07) is 7.81. The zero-order valence-corrected chi connectivity index (χ0v) is 11.9. The summed E-state index contributed by atoms with van der Waals surface area (Å²) in [5.74, 6) is 0. The van der Waals surface area contributed by atoms with Gasteiger partial charge in [-0.3, -0.25) is 0 Å². The van der Waals surface area contributed by atoms with Crippen LogP contribution < -0.4 is 10.6 Å². The molecule has 1 aromatic heterocycles. The molecule has 0 aliphatic heterocycles. The highest BCUT2D eigenvalue weighted by Crippen LogP contribution is 2.15. The Labute approximate surface area is 120 Å². The molecule has 1 aromatic carbocycles. The fraction of sp³-hybridized carbons (Fsp3) is 0.167. The summed E-state index contributed by atoms with van der Waals surface area (Å²) in [5.41, 5.74) is 1.11. The Kier molecular flexibility index (Phi) is 4.92. The van der Waals surface area contributed by atoms with Crippen LogP contribution in [0.25, 0.3) is 0 Å². The molecule has 2 aromatic rings. The van der Waals surface area contributed by atoms with Crippen LogP contribution in [0.1, 0.15) is 5.56 Å². The number of halogens is 1. The fourth-order valence-electron chi connectivity index (χ4n) is 1.44. The summed E-state index contributed by atoms with van der Waals surface area (Å²) < 4.78 is 0. The smallest absolute Gasteiger partial charge is 0.188 e. The Balaban J connectivity index is 1.75. The zero-order valence-electron chi connectivity index (χ0n) is 9.52. The molecule has 0 spiro atoms. The van der Waals surface area contributed by atoms with Gasteiger partial charge in [0.05, 0.1) is 0 Å². The molecule has 0 saturated heterocycles. The predicted octanol–water partition coefficient (Wildman–Crippen LogP) is 3.33. The van der Waals surface area contributed by atoms with Crippen molar-refractivity contribution in [2.24, 2.45) is 0 Å². The van der Waals surface area contributed by atoms with Crippen molar-refractivity contribution in [3.05, 3.63) is 46.4 Å². The summed E-state index contributed by atoms with van der Waals surface area (Å²) in [5, 5.41) is 10.2. The lowest BCUT2D eigenvalue weighted by molar-refractivity contribution is 0.873. The first-order chi connectivity index (χ1) is 8.75. The van der Waals surface area contributed by atoms with E-state index in [9.17, 15) is 0 Å². The number of nitrogens with zero attached hydrogens (tertiary/aromatic N) is 1. The van der Waals surface area contributed by atoms with Crippen molar-refractivity contribution in [1.29, 1.82) is 0 Å². The lowest BCUT2D eigenvalue weighted by Crippen LogP contribution is -2.30. The first kappa shape index (κ1) is 13.3. The molecular weight excluding hydrogens is 286 g/mol. The Morgan fingerprint density at radius 3 is 2.94 bits per heavy atom. The van der Waals surface area contributed by atoms with Gasteiger partial charge in [0, 0.05) is 23.1 Å². The van der Waals surface area contributed by atoms with E-state index in [0.29, 0.717) is 5.11 Å². The number of rotatable bonds is 4. The van der Waals surface area contributed by atoms with Crippen molar-refractivity contribution in [2.75, 3.05) is 11.9 Å². The molecule has 0 radical (unpaired) electrons. The van der Waals surface area contributed by atoms with Crippen LogP contribution in [0.15, 0.2) is 35.8 Å². The maximum atomic E-state index is 6.07. The van der Waals surface area contributed by atoms with Gasteiger partial charge in [0.1, 0.15) is 0 Å². The number of aromatic nitrogens is 1. The number of thiazole rings is 1. The number of hydrogen-bond acceptors (Lipinski definition) is 3. The summed E-state index contributed by atoms with van der Waals surface area (Å²) in [7, 11) is 0. The number of nitrogens with one attached hydrogen (secondary N) is 2. The van der Waals surface area contributed by atoms with Gasteiger partial charge in [-0.25, -0.2) is 4.98 Å². The quantitative estimate of drug-likeness (QED) is 0.849. The van der Waals surface area contributed by atoms with Crippen molar-refractivity contribution in [3.8, 4) is 0 Å². The molecule has 94 valence electrons. The maximum absolute atomic E-state index is 6.07. The van der Waals surface area contributed by atoms with E-state index in [1.54, 1.807) is 6.20 Å². The van der Waals surface area contributed by atoms with E-state index in [1.165, 1.54) is 11.3 Å². The SMILES string of the molecule is S=C(NCCc1ccccc1Cl)Nc1nccs1. The van der Waals surface area contributed by atoms with Crippen molar-refractivity contribution in [3.63, 3.8) is 0 Å². The second kappa shape index (κ2) is 6.68. The lowest BCUT2D eigenvalue weighted by atomic mass is 10.1. The molecule has 3 nitrogen and oxygen atoms in total. The van der Waals surface area contributed by atoms with Crippen LogP contribution in [-0.4, -0.2) is 16.6 Å². The molecular formula is C12H12ClN3S2. The number of hydrogen-bond donors (Lipinski definition) is 2. The van der Waals surface area contributed by atoms with Crippen molar-refractivity contribution < 1.29 is 0 Å². The number of thiocarbonyl (C=S) groups is 1. The van der Waals surface area contributed by atoms with Crippen LogP contribution in [-0.2, 0) is 6.42 Å². The van der Waals surface area contributed by atoms with E-state index in [4.69, 9.17) is 23.8 Å². The summed E-state index contributed by atoms with van der Waals surface area (Å²) >= 11 is 12.7. The minimum atomic E-state index is 0.581. The van der Waals surface area contributed by atoms with E-state index in [2.05, 4.69) is 15.6 Å². The molecule has 18 heavy (non-hydrogen) atoms. The van der Waals surface area contributed by atoms with Crippen molar-refractivity contribution >= 4 is 45.4 Å². The van der Waals surface area contributed by atoms with Crippen LogP contribution in [0.4, 0.5) is 5.13 Å². The van der Waals surface area contributed by atoms with E-state index < -0.39 is 0 Å². The number of benzene rings is 1. The molecule has 0 bridgehead atoms. The molecule has 1 heterocycles. The fourth-order valence-corrected chi connectivity index (χ4v) is 2.47. The van der Waals surface area contributed by atoms with Crippen LogP contribution in [0.2, 0.25) is 5.02 Å². The Bertz CT molecular complexity index is 514. The highest BCUT2D eigenvalue weighted by molar-refractivity contribution is 7.80. The molecule has 0 saturated carbocycles. The molecule has 6 heteroatoms. The third-order valence-electron chi connectivity index (χ3n) is 2.29. The van der Waals surface area contributed by atoms with Gasteiger partial charge in [-0.05, 0) is 30.3 Å². The van der Waals surface area contributed by atoms with Crippen molar-refractivity contribution in [1.82, 2.24) is 10.3 Å². The van der Waals surface area contributed by atoms with E-state index in [-0.39, 0.29) is 0 Å². The molecule has 0 unspecified atom stereocenters. The lowest BCUT2D eigenvalue weighted by Gasteiger charge is -2.09. The highest BCUT2D eigenvalue weighted by Gasteiger charge is 2.01. The van der Waals surface area contributed by atoms with Gasteiger partial charge in [-0.15, -0.1) is 11.3 Å². The van der Waals surface area contributed by atoms with Crippen LogP contribution in [0.5, 0.6) is 0 Å². The molecule has 2 N–H and O–H groups in total. The monoisotopic (exact) mass is 297 g/mol. The molecule has 0 aliphatic rings. The van der Waals surface area contributed by atoms with Crippen LogP contribution in [0.3, 0.4) is 0 Å². The predicted molar refractivity (Wildman–Crippen MR) is 81.5 cm³/mol. The van der Waals surface area contributed by atoms with Gasteiger partial charge < -0.3 is 10.6 Å². The largest absolute Gasteiger partial charge is 0.362 e. The topological polar surface area (TPSA) is 37.0 Å². The van der Waals surface area contributed by atoms with Gasteiger partial charge in [-0.1, -0.05) is 29.8 Å². The summed E-state index contributed by atoms with van der Waals surface area (Å²) in [6.45, 7) is 0.737. The first-order valence-electron chi connectivity index (χ1n) is 5.43. The van der Waals surface area contributed by atoms with Gasteiger partial charge in [-0.2, -0.15) is 0 Å². The van der Waals surface area contributed by atoms with Gasteiger partial charge in [0.2, 0.25) is 0 Å². The third-order valence-corrected chi connectivity index (χ3v) is 3.59. The summed E-state index contributed by atoms with van der Waals surface area (Å²) in [4.78, 5) is 4.10. The minimum absolute atomic E-state index is 0.581. The zero-order chi connectivity index (χ0) is 12.8. The third kappa shape index (κ3) is 3.94. The van der Waals surface area contributed by atoms with Crippen molar-refractivity contribution in [2.45, 2.75) is 6.42 Å². The van der Waals surface area contributed by atoms with Crippen LogP contribution >= 0.6 is 35.2 Å². The molecule has 2 rings (SSSR count). The minimum Gasteiger partial charge on any atom is -0.362 e. The van der Waals surface area contributed by atoms with E-state index in [1.807, 2.05) is 29.6 Å². The standard InChI is InChI=1S/C12H12ClN3S2/c13-10-4-2-1-3-9(10)5-6-14-11(17)16-12-15-7-8-18-12/h1-4,7-8H,5-6H2,(H2,14,15,16,17). The number of anilines is 1. The van der Waals surface area contributed by atoms with Gasteiger partial charge in [0.25, 0.3) is 0 Å². The maximum Gasteiger partial charge on any atom is 0.188 e. The van der Waals surface area contributed by atoms with E-state index in [0.717, 1.165) is 28.7 Å². The van der Waals surface area contributed by atoms with Crippen LogP contribution in [0, 0.1) is 0 Å². The van der Waals surface area contributed by atoms with E-state index >= 15 is 0 Å². The Hall–Kier alpha value is -1.17. The average molecular weight is 298 g/mol. The molecule has 0 aliphatic carbocycles. The Morgan fingerprint density at radius 2 is 2.22 bits per heavy atom. The normalized spacial score (nSPS) is 10.1. The van der Waals surface area contributed by atoms with Gasteiger partial charge >= 0.3 is 0 Å². The molecule has 0 fully saturated rings. The Morgan fingerprint density at radius 1 is 1.39 bits per heavy atom. The molecule has 0 atom stereocenters. The van der Waals surface area contributed by atoms with Gasteiger partial charge in [0.15, 0.2) is 10.2 Å². The average Bonchev–Trinajstić information content (AvgIpc) is 2.84. The first-order valence-corrected chi connectivity index (χ1v) is 7.10. The molecule has 0 amide bonds.